The molecule has 1 aromatic carbocycles. The minimum absolute atomic E-state index is 0.00563. The molecule has 0 bridgehead atoms. The first-order valence-electron chi connectivity index (χ1n) is 7.96. The molecule has 1 heterocycles. The summed E-state index contributed by atoms with van der Waals surface area (Å²) in [5, 5.41) is 2.82. The summed E-state index contributed by atoms with van der Waals surface area (Å²) < 4.78 is 40.6. The average molecular weight is 367 g/mol. The molecule has 1 fully saturated rings. The van der Waals surface area contributed by atoms with E-state index in [-0.39, 0.29) is 23.4 Å². The molecule has 1 aliphatic carbocycles. The standard InChI is InChI=1S/C17H16F3N3O3/c1-9-21-13(8-14(24)22-9)16(25)23-15(10-2-3-10)11-4-6-12(7-5-11)26-17(18,19)20/h4-8,10,15H,2-3H2,1H3,(H,23,25)(H,21,22,24). The van der Waals surface area contributed by atoms with Crippen molar-refractivity contribution in [3.63, 3.8) is 0 Å². The van der Waals surface area contributed by atoms with E-state index in [4.69, 9.17) is 0 Å². The molecule has 1 saturated carbocycles. The number of nitrogens with one attached hydrogen (secondary N) is 2. The minimum Gasteiger partial charge on any atom is -0.406 e. The van der Waals surface area contributed by atoms with Crippen LogP contribution in [0.25, 0.3) is 0 Å². The Hall–Kier alpha value is -2.84. The summed E-state index contributed by atoms with van der Waals surface area (Å²) >= 11 is 0. The van der Waals surface area contributed by atoms with Crippen molar-refractivity contribution < 1.29 is 22.7 Å². The second kappa shape index (κ2) is 6.81. The van der Waals surface area contributed by atoms with E-state index in [0.29, 0.717) is 11.4 Å². The first-order valence-corrected chi connectivity index (χ1v) is 7.96. The summed E-state index contributed by atoms with van der Waals surface area (Å²) in [6.45, 7) is 1.57. The van der Waals surface area contributed by atoms with Crippen molar-refractivity contribution in [2.75, 3.05) is 0 Å². The predicted molar refractivity (Wildman–Crippen MR) is 85.7 cm³/mol. The first kappa shape index (κ1) is 18.0. The minimum atomic E-state index is -4.75. The summed E-state index contributed by atoms with van der Waals surface area (Å²) in [5.74, 6) is -0.323. The lowest BCUT2D eigenvalue weighted by Gasteiger charge is -2.19. The highest BCUT2D eigenvalue weighted by atomic mass is 19.4. The Morgan fingerprint density at radius 1 is 1.31 bits per heavy atom. The van der Waals surface area contributed by atoms with Crippen molar-refractivity contribution in [2.24, 2.45) is 5.92 Å². The van der Waals surface area contributed by atoms with Gasteiger partial charge >= 0.3 is 6.36 Å². The Kier molecular flexibility index (Phi) is 4.71. The number of H-pyrrole nitrogens is 1. The van der Waals surface area contributed by atoms with Crippen LogP contribution in [-0.2, 0) is 0 Å². The molecule has 0 radical (unpaired) electrons. The molecule has 2 aromatic rings. The largest absolute Gasteiger partial charge is 0.573 e. The lowest BCUT2D eigenvalue weighted by atomic mass is 10.0. The molecule has 6 nitrogen and oxygen atoms in total. The monoisotopic (exact) mass is 367 g/mol. The van der Waals surface area contributed by atoms with Crippen LogP contribution in [0.3, 0.4) is 0 Å². The van der Waals surface area contributed by atoms with Crippen LogP contribution in [0, 0.1) is 12.8 Å². The van der Waals surface area contributed by atoms with Crippen LogP contribution in [0.4, 0.5) is 13.2 Å². The van der Waals surface area contributed by atoms with Gasteiger partial charge in [-0.15, -0.1) is 13.2 Å². The molecular formula is C17H16F3N3O3. The van der Waals surface area contributed by atoms with E-state index < -0.39 is 17.8 Å². The van der Waals surface area contributed by atoms with Crippen LogP contribution in [0.2, 0.25) is 0 Å². The number of hydrogen-bond donors (Lipinski definition) is 2. The van der Waals surface area contributed by atoms with Crippen molar-refractivity contribution in [3.8, 4) is 5.75 Å². The lowest BCUT2D eigenvalue weighted by Crippen LogP contribution is -2.31. The molecule has 3 rings (SSSR count). The van der Waals surface area contributed by atoms with Crippen LogP contribution in [-0.4, -0.2) is 22.2 Å². The van der Waals surface area contributed by atoms with E-state index in [2.05, 4.69) is 20.0 Å². The van der Waals surface area contributed by atoms with Crippen LogP contribution in [0.1, 0.15) is 40.8 Å². The topological polar surface area (TPSA) is 84.1 Å². The summed E-state index contributed by atoms with van der Waals surface area (Å²) in [7, 11) is 0. The molecule has 26 heavy (non-hydrogen) atoms. The second-order valence-electron chi connectivity index (χ2n) is 6.12. The zero-order valence-corrected chi connectivity index (χ0v) is 13.8. The maximum atomic E-state index is 12.4. The van der Waals surface area contributed by atoms with Crippen LogP contribution in [0.15, 0.2) is 35.1 Å². The molecule has 0 spiro atoms. The zero-order valence-electron chi connectivity index (χ0n) is 13.8. The van der Waals surface area contributed by atoms with Crippen LogP contribution < -0.4 is 15.6 Å². The molecule has 1 aliphatic rings. The molecule has 1 aromatic heterocycles. The number of alkyl halides is 3. The van der Waals surface area contributed by atoms with Crippen molar-refractivity contribution in [3.05, 3.63) is 57.8 Å². The smallest absolute Gasteiger partial charge is 0.406 e. The van der Waals surface area contributed by atoms with Gasteiger partial charge in [0.1, 0.15) is 17.3 Å². The highest BCUT2D eigenvalue weighted by molar-refractivity contribution is 5.92. The van der Waals surface area contributed by atoms with Gasteiger partial charge in [-0.1, -0.05) is 12.1 Å². The highest BCUT2D eigenvalue weighted by Crippen LogP contribution is 2.41. The van der Waals surface area contributed by atoms with E-state index in [1.165, 1.54) is 24.3 Å². The number of halogens is 3. The van der Waals surface area contributed by atoms with Crippen molar-refractivity contribution in [2.45, 2.75) is 32.2 Å². The Labute approximate surface area is 146 Å². The van der Waals surface area contributed by atoms with Gasteiger partial charge in [-0.05, 0) is 43.4 Å². The maximum Gasteiger partial charge on any atom is 0.573 e. The number of amides is 1. The van der Waals surface area contributed by atoms with E-state index >= 15 is 0 Å². The fraction of sp³-hybridized carbons (Fsp3) is 0.353. The van der Waals surface area contributed by atoms with Gasteiger partial charge in [-0.3, -0.25) is 9.59 Å². The van der Waals surface area contributed by atoms with Crippen LogP contribution in [0.5, 0.6) is 5.75 Å². The number of carbonyl (C=O) groups excluding carboxylic acids is 1. The Morgan fingerprint density at radius 2 is 1.96 bits per heavy atom. The summed E-state index contributed by atoms with van der Waals surface area (Å²) in [6.07, 6.45) is -2.96. The van der Waals surface area contributed by atoms with Crippen molar-refractivity contribution in [1.82, 2.24) is 15.3 Å². The number of nitrogens with zero attached hydrogens (tertiary/aromatic N) is 1. The van der Waals surface area contributed by atoms with Crippen molar-refractivity contribution >= 4 is 5.91 Å². The molecule has 2 N–H and O–H groups in total. The molecule has 1 amide bonds. The highest BCUT2D eigenvalue weighted by Gasteiger charge is 2.34. The van der Waals surface area contributed by atoms with E-state index in [1.54, 1.807) is 6.92 Å². The Bertz CT molecular complexity index is 858. The van der Waals surface area contributed by atoms with Crippen molar-refractivity contribution in [1.29, 1.82) is 0 Å². The molecule has 9 heteroatoms. The summed E-state index contributed by atoms with van der Waals surface area (Å²) in [4.78, 5) is 30.4. The Morgan fingerprint density at radius 3 is 2.50 bits per heavy atom. The number of carbonyl (C=O) groups is 1. The normalized spacial score (nSPS) is 15.4. The van der Waals surface area contributed by atoms with E-state index in [1.807, 2.05) is 0 Å². The molecule has 1 unspecified atom stereocenters. The van der Waals surface area contributed by atoms with E-state index in [0.717, 1.165) is 18.9 Å². The number of rotatable bonds is 5. The maximum absolute atomic E-state index is 12.4. The van der Waals surface area contributed by atoms with Crippen LogP contribution >= 0.6 is 0 Å². The lowest BCUT2D eigenvalue weighted by molar-refractivity contribution is -0.274. The number of aromatic nitrogens is 2. The molecule has 0 aliphatic heterocycles. The predicted octanol–water partition coefficient (Wildman–Crippen LogP) is 2.86. The van der Waals surface area contributed by atoms with Gasteiger partial charge in [0.15, 0.2) is 0 Å². The number of aromatic amines is 1. The third kappa shape index (κ3) is 4.62. The number of hydrogen-bond acceptors (Lipinski definition) is 4. The fourth-order valence-corrected chi connectivity index (χ4v) is 2.69. The molecular weight excluding hydrogens is 351 g/mol. The zero-order chi connectivity index (χ0) is 18.9. The molecule has 138 valence electrons. The fourth-order valence-electron chi connectivity index (χ4n) is 2.69. The third-order valence-corrected chi connectivity index (χ3v) is 3.95. The third-order valence-electron chi connectivity index (χ3n) is 3.95. The second-order valence-corrected chi connectivity index (χ2v) is 6.12. The quantitative estimate of drug-likeness (QED) is 0.851. The van der Waals surface area contributed by atoms with E-state index in [9.17, 15) is 22.8 Å². The van der Waals surface area contributed by atoms with Gasteiger partial charge in [0.05, 0.1) is 6.04 Å². The van der Waals surface area contributed by atoms with Gasteiger partial charge in [0.2, 0.25) is 0 Å². The number of aryl methyl sites for hydroxylation is 1. The summed E-state index contributed by atoms with van der Waals surface area (Å²) in [5.41, 5.74) is 0.227. The van der Waals surface area contributed by atoms with Gasteiger partial charge < -0.3 is 15.0 Å². The first-order chi connectivity index (χ1) is 12.2. The average Bonchev–Trinajstić information content (AvgIpc) is 3.35. The molecule has 1 atom stereocenters. The molecule has 0 saturated heterocycles. The van der Waals surface area contributed by atoms with Gasteiger partial charge in [-0.25, -0.2) is 4.98 Å². The van der Waals surface area contributed by atoms with Gasteiger partial charge in [-0.2, -0.15) is 0 Å². The number of benzene rings is 1. The van der Waals surface area contributed by atoms with Gasteiger partial charge in [0, 0.05) is 6.07 Å². The number of ether oxygens (including phenoxy) is 1. The van der Waals surface area contributed by atoms with Gasteiger partial charge in [0.25, 0.3) is 11.5 Å². The summed E-state index contributed by atoms with van der Waals surface area (Å²) in [6, 6.07) is 6.12. The Balaban J connectivity index is 1.77. The SMILES string of the molecule is Cc1nc(C(=O)NC(c2ccc(OC(F)(F)F)cc2)C2CC2)cc(=O)[nH]1.